The number of nitro groups is 1. The first-order chi connectivity index (χ1) is 9.88. The van der Waals surface area contributed by atoms with Crippen molar-refractivity contribution in [1.29, 1.82) is 5.41 Å². The van der Waals surface area contributed by atoms with E-state index in [4.69, 9.17) is 15.9 Å². The van der Waals surface area contributed by atoms with Gasteiger partial charge >= 0.3 is 0 Å². The number of nitrogens with one attached hydrogen (secondary N) is 1. The molecular weight excluding hydrogens is 340 g/mol. The Balaban J connectivity index is 2.46. The van der Waals surface area contributed by atoms with Crippen molar-refractivity contribution in [2.75, 3.05) is 0 Å². The second kappa shape index (κ2) is 5.88. The number of hydrogen-bond donors (Lipinski definition) is 2. The second-order valence-corrected chi connectivity index (χ2v) is 5.14. The van der Waals surface area contributed by atoms with Crippen molar-refractivity contribution in [3.05, 3.63) is 56.2 Å². The molecule has 0 atom stereocenters. The summed E-state index contributed by atoms with van der Waals surface area (Å²) in [6, 6.07) is 5.91. The summed E-state index contributed by atoms with van der Waals surface area (Å²) in [5, 5.41) is 18.4. The van der Waals surface area contributed by atoms with Crippen LogP contribution in [-0.2, 0) is 0 Å². The highest BCUT2D eigenvalue weighted by molar-refractivity contribution is 9.10. The van der Waals surface area contributed by atoms with Crippen LogP contribution < -0.4 is 10.5 Å². The first-order valence-corrected chi connectivity index (χ1v) is 6.60. The van der Waals surface area contributed by atoms with Crippen LogP contribution in [-0.4, -0.2) is 15.7 Å². The summed E-state index contributed by atoms with van der Waals surface area (Å²) in [5.74, 6) is 0.187. The minimum absolute atomic E-state index is 0.114. The molecule has 0 radical (unpaired) electrons. The third kappa shape index (κ3) is 3.34. The number of hydrogen-bond acceptors (Lipinski definition) is 5. The van der Waals surface area contributed by atoms with E-state index in [1.54, 1.807) is 19.1 Å². The number of halogens is 1. The lowest BCUT2D eigenvalue weighted by molar-refractivity contribution is -0.385. The maximum absolute atomic E-state index is 10.8. The average molecular weight is 351 g/mol. The van der Waals surface area contributed by atoms with E-state index in [2.05, 4.69) is 20.9 Å². The maximum atomic E-state index is 10.8. The van der Waals surface area contributed by atoms with Crippen molar-refractivity contribution >= 4 is 27.5 Å². The van der Waals surface area contributed by atoms with Crippen LogP contribution in [0.2, 0.25) is 0 Å². The smallest absolute Gasteiger partial charge is 0.274 e. The van der Waals surface area contributed by atoms with Crippen LogP contribution in [0.15, 0.2) is 34.9 Å². The fraction of sp³-hybridized carbons (Fsp3) is 0.0769. The van der Waals surface area contributed by atoms with Gasteiger partial charge in [-0.3, -0.25) is 15.5 Å². The van der Waals surface area contributed by atoms with Gasteiger partial charge in [0.05, 0.1) is 16.6 Å². The van der Waals surface area contributed by atoms with Crippen LogP contribution in [0.5, 0.6) is 11.6 Å². The van der Waals surface area contributed by atoms with E-state index in [-0.39, 0.29) is 23.2 Å². The van der Waals surface area contributed by atoms with Gasteiger partial charge in [0.2, 0.25) is 5.88 Å². The first kappa shape index (κ1) is 14.9. The Hall–Kier alpha value is -2.48. The summed E-state index contributed by atoms with van der Waals surface area (Å²) in [6.07, 6.45) is 1.52. The summed E-state index contributed by atoms with van der Waals surface area (Å²) in [5.41, 5.74) is 6.50. The molecule has 1 aromatic carbocycles. The van der Waals surface area contributed by atoms with Crippen molar-refractivity contribution in [2.45, 2.75) is 6.92 Å². The molecule has 2 aromatic rings. The molecule has 0 spiro atoms. The van der Waals surface area contributed by atoms with Gasteiger partial charge < -0.3 is 10.5 Å². The molecule has 21 heavy (non-hydrogen) atoms. The van der Waals surface area contributed by atoms with Gasteiger partial charge in [0.25, 0.3) is 5.69 Å². The fourth-order valence-electron chi connectivity index (χ4n) is 1.76. The third-order valence-electron chi connectivity index (χ3n) is 2.68. The van der Waals surface area contributed by atoms with E-state index >= 15 is 0 Å². The Morgan fingerprint density at radius 2 is 2.19 bits per heavy atom. The van der Waals surface area contributed by atoms with Crippen molar-refractivity contribution in [2.24, 2.45) is 5.73 Å². The van der Waals surface area contributed by atoms with Crippen molar-refractivity contribution in [3.8, 4) is 11.6 Å². The minimum Gasteiger partial charge on any atom is -0.438 e. The van der Waals surface area contributed by atoms with E-state index in [0.717, 1.165) is 5.56 Å². The normalized spacial score (nSPS) is 10.2. The molecule has 0 fully saturated rings. The van der Waals surface area contributed by atoms with Gasteiger partial charge in [-0.1, -0.05) is 15.9 Å². The lowest BCUT2D eigenvalue weighted by atomic mass is 10.1. The van der Waals surface area contributed by atoms with Gasteiger partial charge in [0.15, 0.2) is 0 Å². The lowest BCUT2D eigenvalue weighted by Crippen LogP contribution is -2.14. The SMILES string of the molecule is Cc1ccnc(Oc2cc(Br)cc([N+](=O)[O-])c2)c1C(=N)N. The summed E-state index contributed by atoms with van der Waals surface area (Å²) in [6.45, 7) is 1.77. The number of nitrogens with zero attached hydrogens (tertiary/aromatic N) is 2. The molecule has 8 heteroatoms. The van der Waals surface area contributed by atoms with E-state index in [1.165, 1.54) is 18.3 Å². The highest BCUT2D eigenvalue weighted by atomic mass is 79.9. The van der Waals surface area contributed by atoms with Crippen LogP contribution in [0.1, 0.15) is 11.1 Å². The Kier molecular flexibility index (Phi) is 4.18. The predicted molar refractivity (Wildman–Crippen MR) is 80.9 cm³/mol. The van der Waals surface area contributed by atoms with E-state index in [1.807, 2.05) is 0 Å². The molecule has 0 aliphatic heterocycles. The molecule has 2 rings (SSSR count). The van der Waals surface area contributed by atoms with Crippen LogP contribution in [0.3, 0.4) is 0 Å². The number of aryl methyl sites for hydroxylation is 1. The van der Waals surface area contributed by atoms with Gasteiger partial charge in [0.1, 0.15) is 11.6 Å². The molecule has 1 aromatic heterocycles. The Bertz CT molecular complexity index is 733. The Labute approximate surface area is 128 Å². The largest absolute Gasteiger partial charge is 0.438 e. The average Bonchev–Trinajstić information content (AvgIpc) is 2.37. The van der Waals surface area contributed by atoms with E-state index in [9.17, 15) is 10.1 Å². The molecule has 0 bridgehead atoms. The van der Waals surface area contributed by atoms with Gasteiger partial charge in [-0.15, -0.1) is 0 Å². The minimum atomic E-state index is -0.521. The Morgan fingerprint density at radius 1 is 1.48 bits per heavy atom. The maximum Gasteiger partial charge on any atom is 0.274 e. The van der Waals surface area contributed by atoms with Crippen LogP contribution in [0.4, 0.5) is 5.69 Å². The zero-order valence-corrected chi connectivity index (χ0v) is 12.5. The number of nitrogens with two attached hydrogens (primary N) is 1. The molecule has 0 aliphatic carbocycles. The van der Waals surface area contributed by atoms with Crippen molar-refractivity contribution in [3.63, 3.8) is 0 Å². The monoisotopic (exact) mass is 350 g/mol. The van der Waals surface area contributed by atoms with Crippen LogP contribution in [0, 0.1) is 22.4 Å². The predicted octanol–water partition coefficient (Wildman–Crippen LogP) is 3.14. The molecule has 7 nitrogen and oxygen atoms in total. The van der Waals surface area contributed by atoms with E-state index < -0.39 is 4.92 Å². The number of ether oxygens (including phenoxy) is 1. The number of pyridine rings is 1. The molecule has 1 heterocycles. The summed E-state index contributed by atoms with van der Waals surface area (Å²) in [4.78, 5) is 14.4. The number of aromatic nitrogens is 1. The quantitative estimate of drug-likeness (QED) is 0.380. The van der Waals surface area contributed by atoms with Gasteiger partial charge in [-0.05, 0) is 24.6 Å². The first-order valence-electron chi connectivity index (χ1n) is 5.81. The number of nitrogen functional groups attached to an aromatic ring is 1. The third-order valence-corrected chi connectivity index (χ3v) is 3.13. The van der Waals surface area contributed by atoms with Gasteiger partial charge in [-0.25, -0.2) is 4.98 Å². The van der Waals surface area contributed by atoms with Crippen molar-refractivity contribution in [1.82, 2.24) is 4.98 Å². The molecule has 108 valence electrons. The van der Waals surface area contributed by atoms with Gasteiger partial charge in [-0.2, -0.15) is 0 Å². The molecule has 0 unspecified atom stereocenters. The summed E-state index contributed by atoms with van der Waals surface area (Å²) < 4.78 is 6.06. The standard InChI is InChI=1S/C13H11BrN4O3/c1-7-2-3-17-13(11(7)12(15)16)21-10-5-8(14)4-9(6-10)18(19)20/h2-6H,1H3,(H3,15,16). The molecule has 0 aliphatic rings. The van der Waals surface area contributed by atoms with Gasteiger partial charge in [0, 0.05) is 16.7 Å². The number of rotatable bonds is 4. The fourth-order valence-corrected chi connectivity index (χ4v) is 2.22. The number of non-ortho nitro benzene ring substituents is 1. The molecule has 0 saturated heterocycles. The molecule has 0 amide bonds. The van der Waals surface area contributed by atoms with Crippen LogP contribution >= 0.6 is 15.9 Å². The number of benzene rings is 1. The molecular formula is C13H11BrN4O3. The topological polar surface area (TPSA) is 115 Å². The molecule has 3 N–H and O–H groups in total. The zero-order valence-electron chi connectivity index (χ0n) is 11.0. The number of nitro benzene ring substituents is 1. The van der Waals surface area contributed by atoms with E-state index in [0.29, 0.717) is 10.0 Å². The Morgan fingerprint density at radius 3 is 2.81 bits per heavy atom. The number of amidine groups is 1. The van der Waals surface area contributed by atoms with Crippen molar-refractivity contribution < 1.29 is 9.66 Å². The highest BCUT2D eigenvalue weighted by Gasteiger charge is 2.15. The highest BCUT2D eigenvalue weighted by Crippen LogP contribution is 2.30. The van der Waals surface area contributed by atoms with Crippen LogP contribution in [0.25, 0.3) is 0 Å². The summed E-state index contributed by atoms with van der Waals surface area (Å²) >= 11 is 3.18. The molecule has 0 saturated carbocycles. The second-order valence-electron chi connectivity index (χ2n) is 4.23. The summed E-state index contributed by atoms with van der Waals surface area (Å²) in [7, 11) is 0. The lowest BCUT2D eigenvalue weighted by Gasteiger charge is -2.11. The zero-order chi connectivity index (χ0) is 15.6.